The van der Waals surface area contributed by atoms with Crippen molar-refractivity contribution >= 4 is 60.2 Å². The molecule has 1 aliphatic rings. The molecule has 10 aromatic rings. The average Bonchev–Trinajstić information content (AvgIpc) is 3.48. The molecular formula is C55H39N. The van der Waals surface area contributed by atoms with Gasteiger partial charge in [0.05, 0.1) is 5.69 Å². The second-order valence-corrected chi connectivity index (χ2v) is 15.7. The van der Waals surface area contributed by atoms with Crippen molar-refractivity contribution in [2.24, 2.45) is 0 Å². The molecule has 0 N–H and O–H groups in total. The summed E-state index contributed by atoms with van der Waals surface area (Å²) in [6.45, 7) is 4.75. The fourth-order valence-corrected chi connectivity index (χ4v) is 9.60. The first-order valence-electron chi connectivity index (χ1n) is 19.6. The van der Waals surface area contributed by atoms with Gasteiger partial charge in [-0.25, -0.2) is 0 Å². The van der Waals surface area contributed by atoms with E-state index < -0.39 is 0 Å². The maximum absolute atomic E-state index is 2.48. The molecule has 0 radical (unpaired) electrons. The first-order chi connectivity index (χ1) is 27.6. The van der Waals surface area contributed by atoms with E-state index in [0.29, 0.717) is 0 Å². The Kier molecular flexibility index (Phi) is 7.28. The molecule has 0 fully saturated rings. The molecule has 56 heavy (non-hydrogen) atoms. The number of anilines is 3. The third-order valence-electron chi connectivity index (χ3n) is 12.2. The number of hydrogen-bond donors (Lipinski definition) is 0. The molecule has 0 spiro atoms. The van der Waals surface area contributed by atoms with Crippen LogP contribution < -0.4 is 4.90 Å². The first kappa shape index (κ1) is 32.5. The summed E-state index contributed by atoms with van der Waals surface area (Å²) in [5.41, 5.74) is 13.9. The number of benzene rings is 10. The Morgan fingerprint density at radius 2 is 0.839 bits per heavy atom. The van der Waals surface area contributed by atoms with Crippen LogP contribution in [0.15, 0.2) is 200 Å². The van der Waals surface area contributed by atoms with E-state index in [1.165, 1.54) is 87.6 Å². The van der Waals surface area contributed by atoms with Crippen LogP contribution in [0.4, 0.5) is 17.1 Å². The number of para-hydroxylation sites is 2. The third-order valence-corrected chi connectivity index (χ3v) is 12.2. The summed E-state index contributed by atoms with van der Waals surface area (Å²) in [4.78, 5) is 2.38. The molecule has 0 bridgehead atoms. The lowest BCUT2D eigenvalue weighted by atomic mass is 9.80. The van der Waals surface area contributed by atoms with E-state index in [2.05, 4.69) is 219 Å². The van der Waals surface area contributed by atoms with Gasteiger partial charge in [0.15, 0.2) is 0 Å². The Hall–Kier alpha value is -6.96. The zero-order valence-corrected chi connectivity index (χ0v) is 31.5. The highest BCUT2D eigenvalue weighted by atomic mass is 15.1. The van der Waals surface area contributed by atoms with Crippen molar-refractivity contribution in [3.05, 3.63) is 211 Å². The number of fused-ring (bicyclic) bond motifs is 7. The molecule has 0 heterocycles. The summed E-state index contributed by atoms with van der Waals surface area (Å²) in [5, 5.41) is 9.99. The minimum Gasteiger partial charge on any atom is -0.310 e. The summed E-state index contributed by atoms with van der Waals surface area (Å²) in [6, 6.07) is 73.9. The van der Waals surface area contributed by atoms with Gasteiger partial charge in [-0.3, -0.25) is 0 Å². The SMILES string of the molecule is CC1(C)c2ccccc2-c2ccc(-c3c4ccccc4c(-c4ccc(N(c5ccccc5)c5ccccc5)c5ccccc45)c4cc5ccccc5cc34)cc21. The molecule has 1 aliphatic carbocycles. The van der Waals surface area contributed by atoms with Crippen LogP contribution in [0.25, 0.3) is 76.5 Å². The smallest absolute Gasteiger partial charge is 0.0540 e. The number of nitrogens with zero attached hydrogens (tertiary/aromatic N) is 1. The highest BCUT2D eigenvalue weighted by molar-refractivity contribution is 6.26. The minimum absolute atomic E-state index is 0.0891. The van der Waals surface area contributed by atoms with Crippen molar-refractivity contribution in [2.45, 2.75) is 19.3 Å². The van der Waals surface area contributed by atoms with Crippen molar-refractivity contribution in [3.8, 4) is 33.4 Å². The highest BCUT2D eigenvalue weighted by Crippen LogP contribution is 2.52. The summed E-state index contributed by atoms with van der Waals surface area (Å²) in [6.07, 6.45) is 0. The van der Waals surface area contributed by atoms with E-state index in [9.17, 15) is 0 Å². The van der Waals surface area contributed by atoms with Gasteiger partial charge in [0.1, 0.15) is 0 Å². The Bertz CT molecular complexity index is 3120. The predicted octanol–water partition coefficient (Wildman–Crippen LogP) is 15.4. The topological polar surface area (TPSA) is 3.24 Å². The standard InChI is InChI=1S/C55H39N/c1-55(2)50-28-16-15-24-42(50)43-30-29-38(35-51(43)55)53-45-26-13-14-27-46(45)54(49-34-37-18-10-9-17-36(37)33-48(49)53)47-31-32-52(44-25-12-11-23-41(44)47)56(39-19-5-3-6-20-39)40-21-7-4-8-22-40/h3-35H,1-2H3. The molecule has 0 aromatic heterocycles. The fraction of sp³-hybridized carbons (Fsp3) is 0.0545. The van der Waals surface area contributed by atoms with Crippen molar-refractivity contribution in [2.75, 3.05) is 4.90 Å². The van der Waals surface area contributed by atoms with Crippen LogP contribution in [-0.4, -0.2) is 0 Å². The average molecular weight is 714 g/mol. The van der Waals surface area contributed by atoms with Gasteiger partial charge in [-0.1, -0.05) is 166 Å². The lowest BCUT2D eigenvalue weighted by molar-refractivity contribution is 0.660. The summed E-state index contributed by atoms with van der Waals surface area (Å²) >= 11 is 0. The Balaban J connectivity index is 1.21. The van der Waals surface area contributed by atoms with Crippen LogP contribution in [0.3, 0.4) is 0 Å². The molecule has 0 amide bonds. The molecule has 1 nitrogen and oxygen atoms in total. The Labute approximate surface area is 327 Å². The zero-order chi connectivity index (χ0) is 37.4. The lowest BCUT2D eigenvalue weighted by Gasteiger charge is -2.28. The molecule has 0 aliphatic heterocycles. The maximum atomic E-state index is 2.48. The van der Waals surface area contributed by atoms with Crippen LogP contribution in [0.2, 0.25) is 0 Å². The maximum Gasteiger partial charge on any atom is 0.0540 e. The van der Waals surface area contributed by atoms with Crippen molar-refractivity contribution in [3.63, 3.8) is 0 Å². The normalized spacial score (nSPS) is 13.0. The van der Waals surface area contributed by atoms with Crippen LogP contribution in [-0.2, 0) is 5.41 Å². The van der Waals surface area contributed by atoms with Crippen LogP contribution >= 0.6 is 0 Å². The molecule has 1 heteroatoms. The van der Waals surface area contributed by atoms with E-state index in [4.69, 9.17) is 0 Å². The monoisotopic (exact) mass is 713 g/mol. The second-order valence-electron chi connectivity index (χ2n) is 15.7. The zero-order valence-electron chi connectivity index (χ0n) is 31.5. The van der Waals surface area contributed by atoms with E-state index in [-0.39, 0.29) is 5.41 Å². The van der Waals surface area contributed by atoms with Gasteiger partial charge in [-0.2, -0.15) is 0 Å². The van der Waals surface area contributed by atoms with E-state index in [1.54, 1.807) is 0 Å². The molecule has 0 atom stereocenters. The largest absolute Gasteiger partial charge is 0.310 e. The number of rotatable bonds is 5. The van der Waals surface area contributed by atoms with Crippen LogP contribution in [0, 0.1) is 0 Å². The lowest BCUT2D eigenvalue weighted by Crippen LogP contribution is -2.14. The molecule has 10 aromatic carbocycles. The predicted molar refractivity (Wildman–Crippen MR) is 240 cm³/mol. The van der Waals surface area contributed by atoms with Gasteiger partial charge in [0.25, 0.3) is 0 Å². The summed E-state index contributed by atoms with van der Waals surface area (Å²) in [5.74, 6) is 0. The van der Waals surface area contributed by atoms with Gasteiger partial charge < -0.3 is 4.90 Å². The fourth-order valence-electron chi connectivity index (χ4n) is 9.60. The van der Waals surface area contributed by atoms with E-state index in [1.807, 2.05) is 0 Å². The Morgan fingerprint density at radius 1 is 0.339 bits per heavy atom. The van der Waals surface area contributed by atoms with Gasteiger partial charge in [0, 0.05) is 22.2 Å². The van der Waals surface area contributed by atoms with Crippen molar-refractivity contribution in [1.82, 2.24) is 0 Å². The van der Waals surface area contributed by atoms with Crippen LogP contribution in [0.1, 0.15) is 25.0 Å². The van der Waals surface area contributed by atoms with E-state index >= 15 is 0 Å². The summed E-state index contributed by atoms with van der Waals surface area (Å²) < 4.78 is 0. The minimum atomic E-state index is -0.0891. The van der Waals surface area contributed by atoms with E-state index in [0.717, 1.165) is 17.1 Å². The van der Waals surface area contributed by atoms with Gasteiger partial charge >= 0.3 is 0 Å². The molecule has 0 saturated heterocycles. The summed E-state index contributed by atoms with van der Waals surface area (Å²) in [7, 11) is 0. The Morgan fingerprint density at radius 3 is 1.52 bits per heavy atom. The van der Waals surface area contributed by atoms with Gasteiger partial charge in [0.2, 0.25) is 0 Å². The third kappa shape index (κ3) is 4.87. The van der Waals surface area contributed by atoms with Gasteiger partial charge in [-0.05, 0) is 131 Å². The van der Waals surface area contributed by atoms with Crippen LogP contribution in [0.5, 0.6) is 0 Å². The molecular weight excluding hydrogens is 675 g/mol. The highest BCUT2D eigenvalue weighted by Gasteiger charge is 2.35. The molecule has 264 valence electrons. The van der Waals surface area contributed by atoms with Gasteiger partial charge in [-0.15, -0.1) is 0 Å². The first-order valence-corrected chi connectivity index (χ1v) is 19.6. The van der Waals surface area contributed by atoms with Crippen molar-refractivity contribution < 1.29 is 0 Å². The molecule has 0 unspecified atom stereocenters. The molecule has 11 rings (SSSR count). The second kappa shape index (κ2) is 12.5. The van der Waals surface area contributed by atoms with Crippen molar-refractivity contribution in [1.29, 1.82) is 0 Å². The quantitative estimate of drug-likeness (QED) is 0.161. The number of hydrogen-bond acceptors (Lipinski definition) is 1. The molecule has 0 saturated carbocycles.